The lowest BCUT2D eigenvalue weighted by Crippen LogP contribution is -2.25. The number of hydrogen-bond acceptors (Lipinski definition) is 2. The van der Waals surface area contributed by atoms with Crippen LogP contribution in [-0.2, 0) is 4.79 Å². The molecule has 196 valence electrons. The van der Waals surface area contributed by atoms with Gasteiger partial charge in [0, 0.05) is 24.5 Å². The lowest BCUT2D eigenvalue weighted by Gasteiger charge is -2.37. The molecule has 1 aromatic heterocycles. The molecule has 1 atom stereocenters. The number of benzene rings is 1. The molecule has 0 aliphatic heterocycles. The van der Waals surface area contributed by atoms with Crippen molar-refractivity contribution in [3.8, 4) is 0 Å². The SMILES string of the molecule is CC(C=CC1=C(C)C(n2ccnc2)CCC1(C)C)=CC=CC(C)=CC(=O)Nc1c(F)cc(F)c(F)c1F. The molecule has 2 aromatic rings. The van der Waals surface area contributed by atoms with Crippen LogP contribution in [0, 0.1) is 28.7 Å². The minimum atomic E-state index is -1.86. The zero-order chi connectivity index (χ0) is 27.3. The number of aromatic nitrogens is 2. The van der Waals surface area contributed by atoms with Gasteiger partial charge in [-0.3, -0.25) is 4.79 Å². The fourth-order valence-electron chi connectivity index (χ4n) is 4.46. The largest absolute Gasteiger partial charge is 0.330 e. The first-order valence-electron chi connectivity index (χ1n) is 11.9. The highest BCUT2D eigenvalue weighted by Crippen LogP contribution is 2.45. The monoisotopic (exact) mass is 513 g/mol. The van der Waals surface area contributed by atoms with E-state index >= 15 is 0 Å². The second-order valence-electron chi connectivity index (χ2n) is 9.87. The Hall–Kier alpha value is -3.68. The standard InChI is InChI=1S/C29H31F4N3O/c1-18(9-10-21-20(3)24(11-12-29(21,4)5)36-14-13-34-17-36)7-6-8-19(2)15-25(37)35-28-23(31)16-22(30)26(32)27(28)33/h6-10,13-17,24H,11-12H2,1-5H3,(H,35,37). The minimum Gasteiger partial charge on any atom is -0.330 e. The third-order valence-electron chi connectivity index (χ3n) is 6.53. The number of carbonyl (C=O) groups excluding carboxylic acids is 1. The van der Waals surface area contributed by atoms with E-state index in [-0.39, 0.29) is 17.5 Å². The molecule has 1 N–H and O–H groups in total. The van der Waals surface area contributed by atoms with Crippen LogP contribution in [-0.4, -0.2) is 15.5 Å². The van der Waals surface area contributed by atoms with Crippen molar-refractivity contribution in [2.24, 2.45) is 5.41 Å². The highest BCUT2D eigenvalue weighted by Gasteiger charge is 2.32. The van der Waals surface area contributed by atoms with E-state index in [4.69, 9.17) is 0 Å². The van der Waals surface area contributed by atoms with Gasteiger partial charge in [-0.15, -0.1) is 0 Å². The Morgan fingerprint density at radius 3 is 2.51 bits per heavy atom. The quantitative estimate of drug-likeness (QED) is 0.135. The Morgan fingerprint density at radius 1 is 1.11 bits per heavy atom. The summed E-state index contributed by atoms with van der Waals surface area (Å²) >= 11 is 0. The van der Waals surface area contributed by atoms with Crippen molar-refractivity contribution in [3.63, 3.8) is 0 Å². The van der Waals surface area contributed by atoms with E-state index in [1.807, 2.05) is 36.9 Å². The van der Waals surface area contributed by atoms with Gasteiger partial charge in [0.05, 0.1) is 12.4 Å². The van der Waals surface area contributed by atoms with Crippen LogP contribution in [0.3, 0.4) is 0 Å². The third-order valence-corrected chi connectivity index (χ3v) is 6.53. The van der Waals surface area contributed by atoms with E-state index in [1.54, 1.807) is 25.3 Å². The average molecular weight is 514 g/mol. The zero-order valence-electron chi connectivity index (χ0n) is 21.6. The highest BCUT2D eigenvalue weighted by molar-refractivity contribution is 6.00. The van der Waals surface area contributed by atoms with Gasteiger partial charge in [-0.2, -0.15) is 0 Å². The van der Waals surface area contributed by atoms with Crippen molar-refractivity contribution in [2.45, 2.75) is 53.5 Å². The number of allylic oxidation sites excluding steroid dienone is 9. The Balaban J connectivity index is 1.69. The summed E-state index contributed by atoms with van der Waals surface area (Å²) in [4.78, 5) is 16.3. The zero-order valence-corrected chi connectivity index (χ0v) is 21.6. The molecule has 0 saturated carbocycles. The predicted molar refractivity (Wildman–Crippen MR) is 138 cm³/mol. The number of nitrogens with zero attached hydrogens (tertiary/aromatic N) is 2. The maximum absolute atomic E-state index is 13.8. The summed E-state index contributed by atoms with van der Waals surface area (Å²) in [6.45, 7) is 10.2. The van der Waals surface area contributed by atoms with Crippen molar-refractivity contribution in [2.75, 3.05) is 5.32 Å². The number of hydrogen-bond donors (Lipinski definition) is 1. The lowest BCUT2D eigenvalue weighted by atomic mass is 9.71. The molecule has 0 saturated heterocycles. The summed E-state index contributed by atoms with van der Waals surface area (Å²) in [5.41, 5.74) is 3.09. The first kappa shape index (κ1) is 27.9. The van der Waals surface area contributed by atoms with Crippen LogP contribution in [0.1, 0.15) is 53.5 Å². The fourth-order valence-corrected chi connectivity index (χ4v) is 4.46. The maximum atomic E-state index is 13.8. The maximum Gasteiger partial charge on any atom is 0.248 e. The van der Waals surface area contributed by atoms with Crippen molar-refractivity contribution in [3.05, 3.63) is 107 Å². The highest BCUT2D eigenvalue weighted by atomic mass is 19.2. The molecule has 0 radical (unpaired) electrons. The van der Waals surface area contributed by atoms with Gasteiger partial charge in [-0.05, 0) is 55.7 Å². The van der Waals surface area contributed by atoms with Crippen LogP contribution in [0.4, 0.5) is 23.2 Å². The van der Waals surface area contributed by atoms with E-state index in [1.165, 1.54) is 11.1 Å². The smallest absolute Gasteiger partial charge is 0.248 e. The first-order chi connectivity index (χ1) is 17.4. The summed E-state index contributed by atoms with van der Waals surface area (Å²) in [5, 5.41) is 1.92. The third kappa shape index (κ3) is 6.76. The number of nitrogens with one attached hydrogen (secondary N) is 1. The molecule has 1 aliphatic rings. The fraction of sp³-hybridized carbons (Fsp3) is 0.310. The minimum absolute atomic E-state index is 0.0485. The van der Waals surface area contributed by atoms with Gasteiger partial charge < -0.3 is 9.88 Å². The van der Waals surface area contributed by atoms with E-state index in [0.29, 0.717) is 5.57 Å². The molecule has 1 aliphatic carbocycles. The molecular weight excluding hydrogens is 482 g/mol. The second-order valence-corrected chi connectivity index (χ2v) is 9.87. The van der Waals surface area contributed by atoms with Gasteiger partial charge >= 0.3 is 0 Å². The number of anilines is 1. The van der Waals surface area contributed by atoms with E-state index in [2.05, 4.69) is 36.4 Å². The summed E-state index contributed by atoms with van der Waals surface area (Å²) < 4.78 is 56.0. The van der Waals surface area contributed by atoms with Crippen LogP contribution in [0.15, 0.2) is 83.5 Å². The Kier molecular flexibility index (Phi) is 8.73. The summed E-state index contributed by atoms with van der Waals surface area (Å²) in [6, 6.07) is 0.460. The van der Waals surface area contributed by atoms with Crippen LogP contribution >= 0.6 is 0 Å². The molecule has 0 spiro atoms. The molecular formula is C29H31F4N3O. The van der Waals surface area contributed by atoms with Crippen molar-refractivity contribution in [1.82, 2.24) is 9.55 Å². The van der Waals surface area contributed by atoms with E-state index in [9.17, 15) is 22.4 Å². The molecule has 1 heterocycles. The topological polar surface area (TPSA) is 46.9 Å². The van der Waals surface area contributed by atoms with Crippen molar-refractivity contribution < 1.29 is 22.4 Å². The van der Waals surface area contributed by atoms with Crippen molar-refractivity contribution >= 4 is 11.6 Å². The number of amides is 1. The van der Waals surface area contributed by atoms with Gasteiger partial charge in [-0.25, -0.2) is 22.5 Å². The molecule has 4 nitrogen and oxygen atoms in total. The average Bonchev–Trinajstić information content (AvgIpc) is 3.34. The van der Waals surface area contributed by atoms with Crippen LogP contribution in [0.2, 0.25) is 0 Å². The molecule has 3 rings (SSSR count). The molecule has 1 amide bonds. The van der Waals surface area contributed by atoms with Crippen molar-refractivity contribution in [1.29, 1.82) is 0 Å². The van der Waals surface area contributed by atoms with E-state index < -0.39 is 34.9 Å². The van der Waals surface area contributed by atoms with Gasteiger partial charge in [0.25, 0.3) is 0 Å². The molecule has 0 fully saturated rings. The number of imidazole rings is 1. The van der Waals surface area contributed by atoms with Gasteiger partial charge in [0.15, 0.2) is 23.3 Å². The normalized spacial score (nSPS) is 18.8. The molecule has 8 heteroatoms. The number of rotatable bonds is 7. The number of carbonyl (C=O) groups is 1. The predicted octanol–water partition coefficient (Wildman–Crippen LogP) is 7.76. The molecule has 1 unspecified atom stereocenters. The van der Waals surface area contributed by atoms with Gasteiger partial charge in [0.2, 0.25) is 5.91 Å². The Bertz CT molecular complexity index is 1320. The van der Waals surface area contributed by atoms with Crippen LogP contribution in [0.25, 0.3) is 0 Å². The number of halogens is 4. The van der Waals surface area contributed by atoms with Gasteiger partial charge in [-0.1, -0.05) is 49.8 Å². The summed E-state index contributed by atoms with van der Waals surface area (Å²) in [6.07, 6.45) is 18.3. The summed E-state index contributed by atoms with van der Waals surface area (Å²) in [7, 11) is 0. The Labute approximate surface area is 214 Å². The van der Waals surface area contributed by atoms with Gasteiger partial charge in [0.1, 0.15) is 5.69 Å². The van der Waals surface area contributed by atoms with E-state index in [0.717, 1.165) is 24.5 Å². The second kappa shape index (κ2) is 11.6. The summed E-state index contributed by atoms with van der Waals surface area (Å²) in [5.74, 6) is -7.60. The first-order valence-corrected chi connectivity index (χ1v) is 11.9. The Morgan fingerprint density at radius 2 is 1.84 bits per heavy atom. The van der Waals surface area contributed by atoms with Crippen LogP contribution in [0.5, 0.6) is 0 Å². The lowest BCUT2D eigenvalue weighted by molar-refractivity contribution is -0.112. The molecule has 0 bridgehead atoms. The molecule has 1 aromatic carbocycles. The molecule has 37 heavy (non-hydrogen) atoms. The van der Waals surface area contributed by atoms with Crippen LogP contribution < -0.4 is 5.32 Å².